The molecule has 0 spiro atoms. The van der Waals surface area contributed by atoms with Gasteiger partial charge in [0.1, 0.15) is 5.51 Å². The van der Waals surface area contributed by atoms with Crippen LogP contribution in [-0.4, -0.2) is 51.6 Å². The predicted octanol–water partition coefficient (Wildman–Crippen LogP) is 1.61. The van der Waals surface area contributed by atoms with E-state index in [0.29, 0.717) is 29.7 Å². The monoisotopic (exact) mass is 331 g/mol. The Morgan fingerprint density at radius 2 is 2.50 bits per heavy atom. The first-order valence-corrected chi connectivity index (χ1v) is 8.76. The van der Waals surface area contributed by atoms with Gasteiger partial charge in [-0.05, 0) is 6.92 Å². The van der Waals surface area contributed by atoms with Crippen LogP contribution >= 0.6 is 34.9 Å². The van der Waals surface area contributed by atoms with E-state index in [4.69, 9.17) is 4.74 Å². The quantitative estimate of drug-likeness (QED) is 0.445. The number of thioether (sulfide) groups is 2. The highest BCUT2D eigenvalue weighted by Gasteiger charge is 2.27. The fourth-order valence-electron chi connectivity index (χ4n) is 1.50. The fourth-order valence-corrected chi connectivity index (χ4v) is 3.94. The molecule has 0 N–H and O–H groups in total. The lowest BCUT2D eigenvalue weighted by molar-refractivity contribution is -0.137. The van der Waals surface area contributed by atoms with Crippen molar-refractivity contribution >= 4 is 46.7 Å². The Bertz CT molecular complexity index is 504. The van der Waals surface area contributed by atoms with Crippen molar-refractivity contribution in [2.24, 2.45) is 0 Å². The van der Waals surface area contributed by atoms with Gasteiger partial charge in [-0.3, -0.25) is 4.79 Å². The summed E-state index contributed by atoms with van der Waals surface area (Å²) in [7, 11) is 0. The minimum Gasteiger partial charge on any atom is -0.463 e. The van der Waals surface area contributed by atoms with Crippen LogP contribution in [0.5, 0.6) is 0 Å². The van der Waals surface area contributed by atoms with E-state index < -0.39 is 5.97 Å². The highest BCUT2D eigenvalue weighted by molar-refractivity contribution is 8.04. The lowest BCUT2D eigenvalue weighted by Gasteiger charge is -2.15. The first kappa shape index (κ1) is 15.3. The highest BCUT2D eigenvalue weighted by atomic mass is 32.2. The molecule has 6 nitrogen and oxygen atoms in total. The highest BCUT2D eigenvalue weighted by Crippen LogP contribution is 2.29. The molecule has 1 aliphatic rings. The lowest BCUT2D eigenvalue weighted by atomic mass is 10.5. The smallest absolute Gasteiger partial charge is 0.333 e. The third-order valence-corrected chi connectivity index (χ3v) is 5.18. The number of amides is 1. The zero-order valence-corrected chi connectivity index (χ0v) is 13.2. The summed E-state index contributed by atoms with van der Waals surface area (Å²) in [5.41, 5.74) is 1.67. The van der Waals surface area contributed by atoms with Crippen molar-refractivity contribution in [1.82, 2.24) is 15.1 Å². The molecule has 1 amide bonds. The van der Waals surface area contributed by atoms with E-state index in [1.165, 1.54) is 29.2 Å². The van der Waals surface area contributed by atoms with Gasteiger partial charge in [-0.15, -0.1) is 10.2 Å². The van der Waals surface area contributed by atoms with E-state index in [1.807, 2.05) is 0 Å². The van der Waals surface area contributed by atoms with Gasteiger partial charge in [-0.1, -0.05) is 34.9 Å². The molecule has 20 heavy (non-hydrogen) atoms. The lowest BCUT2D eigenvalue weighted by Crippen LogP contribution is -2.27. The summed E-state index contributed by atoms with van der Waals surface area (Å²) >= 11 is 4.38. The molecule has 0 bridgehead atoms. The number of hydrogen-bond donors (Lipinski definition) is 0. The topological polar surface area (TPSA) is 72.4 Å². The third kappa shape index (κ3) is 4.22. The van der Waals surface area contributed by atoms with E-state index in [1.54, 1.807) is 29.1 Å². The Morgan fingerprint density at radius 3 is 3.20 bits per heavy atom. The van der Waals surface area contributed by atoms with Crippen molar-refractivity contribution in [2.45, 2.75) is 11.3 Å². The maximum absolute atomic E-state index is 11.8. The summed E-state index contributed by atoms with van der Waals surface area (Å²) < 4.78 is 5.74. The average molecular weight is 331 g/mol. The maximum Gasteiger partial charge on any atom is 0.333 e. The van der Waals surface area contributed by atoms with Gasteiger partial charge >= 0.3 is 5.97 Å². The maximum atomic E-state index is 11.8. The number of carbonyl (C=O) groups is 2. The number of nitrogens with zero attached hydrogens (tertiary/aromatic N) is 3. The minimum atomic E-state index is -0.411. The molecule has 2 heterocycles. The van der Waals surface area contributed by atoms with Crippen molar-refractivity contribution in [1.29, 1.82) is 0 Å². The molecule has 0 unspecified atom stereocenters. The second-order valence-corrected chi connectivity index (χ2v) is 6.79. The summed E-state index contributed by atoms with van der Waals surface area (Å²) in [6.07, 6.45) is 1.38. The summed E-state index contributed by atoms with van der Waals surface area (Å²) in [4.78, 5) is 24.9. The largest absolute Gasteiger partial charge is 0.463 e. The normalized spacial score (nSPS) is 16.9. The SMILES string of the molecule is CCOC(=O)C=C1SCC(=O)N1CCSc1nncs1. The number of rotatable bonds is 6. The molecule has 0 radical (unpaired) electrons. The van der Waals surface area contributed by atoms with E-state index in [0.717, 1.165) is 4.34 Å². The van der Waals surface area contributed by atoms with Crippen LogP contribution in [-0.2, 0) is 14.3 Å². The zero-order chi connectivity index (χ0) is 14.4. The summed E-state index contributed by atoms with van der Waals surface area (Å²) in [5.74, 6) is 0.686. The van der Waals surface area contributed by atoms with Crippen molar-refractivity contribution < 1.29 is 14.3 Å². The number of esters is 1. The van der Waals surface area contributed by atoms with Gasteiger partial charge < -0.3 is 9.64 Å². The Labute approximate surface area is 129 Å². The summed E-state index contributed by atoms with van der Waals surface area (Å²) in [6.45, 7) is 2.62. The number of ether oxygens (including phenoxy) is 1. The van der Waals surface area contributed by atoms with E-state index in [9.17, 15) is 9.59 Å². The molecule has 0 aromatic carbocycles. The molecule has 0 aliphatic carbocycles. The molecule has 1 fully saturated rings. The van der Waals surface area contributed by atoms with Crippen LogP contribution < -0.4 is 0 Å². The summed E-state index contributed by atoms with van der Waals surface area (Å²) in [5, 5.41) is 8.34. The predicted molar refractivity (Wildman–Crippen MR) is 79.5 cm³/mol. The van der Waals surface area contributed by atoms with Crippen LogP contribution in [0.2, 0.25) is 0 Å². The van der Waals surface area contributed by atoms with Gasteiger partial charge in [-0.25, -0.2) is 4.79 Å². The van der Waals surface area contributed by atoms with E-state index in [-0.39, 0.29) is 5.91 Å². The van der Waals surface area contributed by atoms with Gasteiger partial charge in [0.15, 0.2) is 4.34 Å². The number of aromatic nitrogens is 2. The van der Waals surface area contributed by atoms with Crippen molar-refractivity contribution in [3.63, 3.8) is 0 Å². The fraction of sp³-hybridized carbons (Fsp3) is 0.455. The van der Waals surface area contributed by atoms with Crippen LogP contribution in [0, 0.1) is 0 Å². The molecule has 1 saturated heterocycles. The molecular weight excluding hydrogens is 318 g/mol. The first-order valence-electron chi connectivity index (χ1n) is 5.91. The molecular formula is C11H13N3O3S3. The van der Waals surface area contributed by atoms with Gasteiger partial charge in [0, 0.05) is 12.3 Å². The third-order valence-electron chi connectivity index (χ3n) is 2.32. The van der Waals surface area contributed by atoms with Gasteiger partial charge in [-0.2, -0.15) is 0 Å². The molecule has 108 valence electrons. The van der Waals surface area contributed by atoms with Crippen LogP contribution in [0.25, 0.3) is 0 Å². The Hall–Kier alpha value is -1.06. The first-order chi connectivity index (χ1) is 9.70. The van der Waals surface area contributed by atoms with Crippen molar-refractivity contribution in [3.05, 3.63) is 16.6 Å². The van der Waals surface area contributed by atoms with Crippen molar-refractivity contribution in [3.8, 4) is 0 Å². The van der Waals surface area contributed by atoms with E-state index >= 15 is 0 Å². The standard InChI is InChI=1S/C11H13N3O3S3/c1-2-17-10(16)5-9-14(8(15)6-19-9)3-4-18-11-13-12-7-20-11/h5,7H,2-4,6H2,1H3. The van der Waals surface area contributed by atoms with Crippen LogP contribution in [0.15, 0.2) is 21.0 Å². The molecule has 1 aromatic rings. The Morgan fingerprint density at radius 1 is 1.65 bits per heavy atom. The van der Waals surface area contributed by atoms with Crippen molar-refractivity contribution in [2.75, 3.05) is 24.7 Å². The minimum absolute atomic E-state index is 0.0170. The van der Waals surface area contributed by atoms with Gasteiger partial charge in [0.2, 0.25) is 5.91 Å². The Kier molecular flexibility index (Phi) is 5.86. The van der Waals surface area contributed by atoms with Crippen LogP contribution in [0.4, 0.5) is 0 Å². The zero-order valence-electron chi connectivity index (χ0n) is 10.8. The summed E-state index contributed by atoms with van der Waals surface area (Å²) in [6, 6.07) is 0. The molecule has 0 saturated carbocycles. The number of carbonyl (C=O) groups excluding carboxylic acids is 2. The second kappa shape index (κ2) is 7.65. The average Bonchev–Trinajstić information content (AvgIpc) is 3.03. The molecule has 1 aromatic heterocycles. The molecule has 0 atom stereocenters. The molecule has 9 heteroatoms. The molecule has 1 aliphatic heterocycles. The van der Waals surface area contributed by atoms with Crippen LogP contribution in [0.1, 0.15) is 6.92 Å². The van der Waals surface area contributed by atoms with Gasteiger partial charge in [0.25, 0.3) is 0 Å². The second-order valence-electron chi connectivity index (χ2n) is 3.62. The van der Waals surface area contributed by atoms with Crippen LogP contribution in [0.3, 0.4) is 0 Å². The Balaban J connectivity index is 1.89. The number of hydrogen-bond acceptors (Lipinski definition) is 8. The molecule has 2 rings (SSSR count). The van der Waals surface area contributed by atoms with E-state index in [2.05, 4.69) is 10.2 Å². The van der Waals surface area contributed by atoms with Gasteiger partial charge in [0.05, 0.1) is 23.5 Å².